The summed E-state index contributed by atoms with van der Waals surface area (Å²) in [5.74, 6) is -0.117. The summed E-state index contributed by atoms with van der Waals surface area (Å²) in [6.45, 7) is 3.92. The number of benzene rings is 2. The van der Waals surface area contributed by atoms with Gasteiger partial charge in [-0.05, 0) is 55.1 Å². The van der Waals surface area contributed by atoms with E-state index in [0.29, 0.717) is 11.3 Å². The molecule has 2 atom stereocenters. The summed E-state index contributed by atoms with van der Waals surface area (Å²) in [6.07, 6.45) is 0. The Kier molecular flexibility index (Phi) is 6.02. The molecule has 0 saturated heterocycles. The Labute approximate surface area is 163 Å². The number of rotatable bonds is 6. The van der Waals surface area contributed by atoms with Crippen LogP contribution in [0.1, 0.15) is 34.5 Å². The van der Waals surface area contributed by atoms with E-state index >= 15 is 0 Å². The standard InChI is InChI=1S/C22H21N3OS/c1-15-5-9-18(10-6-15)21(20-4-3-13-27-20)24-16(2)22(26)25-19-11-7-17(14-23)8-12-19/h3-13,16,21,24H,1-2H3,(H,25,26)/t16-,21+/m0/s1. The van der Waals surface area contributed by atoms with Crippen molar-refractivity contribution in [3.8, 4) is 6.07 Å². The molecule has 27 heavy (non-hydrogen) atoms. The average molecular weight is 375 g/mol. The van der Waals surface area contributed by atoms with Crippen molar-refractivity contribution in [3.05, 3.63) is 87.6 Å². The van der Waals surface area contributed by atoms with Gasteiger partial charge >= 0.3 is 0 Å². The van der Waals surface area contributed by atoms with Crippen molar-refractivity contribution in [1.29, 1.82) is 5.26 Å². The summed E-state index contributed by atoms with van der Waals surface area (Å²) in [7, 11) is 0. The largest absolute Gasteiger partial charge is 0.325 e. The predicted octanol–water partition coefficient (Wildman–Crippen LogP) is 4.63. The lowest BCUT2D eigenvalue weighted by Crippen LogP contribution is -2.40. The fourth-order valence-corrected chi connectivity index (χ4v) is 3.57. The zero-order chi connectivity index (χ0) is 19.2. The highest BCUT2D eigenvalue weighted by Gasteiger charge is 2.21. The molecule has 1 heterocycles. The van der Waals surface area contributed by atoms with Gasteiger partial charge in [0.25, 0.3) is 0 Å². The van der Waals surface area contributed by atoms with Gasteiger partial charge in [0.2, 0.25) is 5.91 Å². The molecule has 1 amide bonds. The Balaban J connectivity index is 1.73. The Bertz CT molecular complexity index is 925. The van der Waals surface area contributed by atoms with Crippen LogP contribution in [0.2, 0.25) is 0 Å². The summed E-state index contributed by atoms with van der Waals surface area (Å²) in [4.78, 5) is 13.8. The summed E-state index contributed by atoms with van der Waals surface area (Å²) < 4.78 is 0. The van der Waals surface area contributed by atoms with Crippen molar-refractivity contribution < 1.29 is 4.79 Å². The second-order valence-electron chi connectivity index (χ2n) is 6.43. The van der Waals surface area contributed by atoms with Gasteiger partial charge in [-0.1, -0.05) is 35.9 Å². The van der Waals surface area contributed by atoms with E-state index in [0.717, 1.165) is 10.4 Å². The first kappa shape index (κ1) is 18.8. The van der Waals surface area contributed by atoms with Crippen LogP contribution in [0, 0.1) is 18.3 Å². The number of carbonyl (C=O) groups excluding carboxylic acids is 1. The van der Waals surface area contributed by atoms with E-state index in [1.165, 1.54) is 5.56 Å². The normalized spacial score (nSPS) is 12.8. The molecule has 5 heteroatoms. The Morgan fingerprint density at radius 1 is 1.07 bits per heavy atom. The Morgan fingerprint density at radius 2 is 1.78 bits per heavy atom. The summed E-state index contributed by atoms with van der Waals surface area (Å²) >= 11 is 1.67. The first-order valence-corrected chi connectivity index (χ1v) is 9.62. The predicted molar refractivity (Wildman–Crippen MR) is 110 cm³/mol. The molecule has 4 nitrogen and oxygen atoms in total. The number of aryl methyl sites for hydroxylation is 1. The van der Waals surface area contributed by atoms with Gasteiger partial charge in [0.1, 0.15) is 0 Å². The number of hydrogen-bond acceptors (Lipinski definition) is 4. The van der Waals surface area contributed by atoms with Crippen LogP contribution in [0.5, 0.6) is 0 Å². The van der Waals surface area contributed by atoms with Gasteiger partial charge in [-0.25, -0.2) is 0 Å². The topological polar surface area (TPSA) is 64.9 Å². The van der Waals surface area contributed by atoms with E-state index in [9.17, 15) is 4.79 Å². The molecule has 0 spiro atoms. The van der Waals surface area contributed by atoms with E-state index in [1.807, 2.05) is 18.4 Å². The number of hydrogen-bond donors (Lipinski definition) is 2. The fraction of sp³-hybridized carbons (Fsp3) is 0.182. The second kappa shape index (κ2) is 8.63. The van der Waals surface area contributed by atoms with Crippen LogP contribution in [-0.2, 0) is 4.79 Å². The summed E-state index contributed by atoms with van der Waals surface area (Å²) in [5.41, 5.74) is 3.57. The highest BCUT2D eigenvalue weighted by Crippen LogP contribution is 2.27. The molecule has 1 aromatic heterocycles. The van der Waals surface area contributed by atoms with E-state index in [-0.39, 0.29) is 11.9 Å². The van der Waals surface area contributed by atoms with E-state index in [4.69, 9.17) is 5.26 Å². The maximum Gasteiger partial charge on any atom is 0.241 e. The summed E-state index contributed by atoms with van der Waals surface area (Å²) in [5, 5.41) is 17.2. The molecule has 0 aliphatic carbocycles. The lowest BCUT2D eigenvalue weighted by molar-refractivity contribution is -0.117. The zero-order valence-electron chi connectivity index (χ0n) is 15.3. The first-order valence-electron chi connectivity index (χ1n) is 8.74. The minimum Gasteiger partial charge on any atom is -0.325 e. The van der Waals surface area contributed by atoms with Crippen molar-refractivity contribution in [2.24, 2.45) is 0 Å². The fourth-order valence-electron chi connectivity index (χ4n) is 2.76. The lowest BCUT2D eigenvalue weighted by Gasteiger charge is -2.23. The second-order valence-corrected chi connectivity index (χ2v) is 7.41. The molecule has 0 unspecified atom stereocenters. The van der Waals surface area contributed by atoms with Crippen molar-refractivity contribution >= 4 is 22.9 Å². The molecule has 2 aromatic carbocycles. The molecule has 3 rings (SSSR count). The van der Waals surface area contributed by atoms with Crippen molar-refractivity contribution in [2.45, 2.75) is 25.9 Å². The average Bonchev–Trinajstić information content (AvgIpc) is 3.22. The molecule has 0 saturated carbocycles. The maximum atomic E-state index is 12.6. The quantitative estimate of drug-likeness (QED) is 0.660. The molecule has 0 bridgehead atoms. The highest BCUT2D eigenvalue weighted by molar-refractivity contribution is 7.10. The number of nitrogens with zero attached hydrogens (tertiary/aromatic N) is 1. The Hall–Kier alpha value is -2.94. The number of anilines is 1. The zero-order valence-corrected chi connectivity index (χ0v) is 16.1. The third kappa shape index (κ3) is 4.82. The van der Waals surface area contributed by atoms with Gasteiger partial charge in [0.15, 0.2) is 0 Å². The number of thiophene rings is 1. The van der Waals surface area contributed by atoms with Gasteiger partial charge in [-0.3, -0.25) is 10.1 Å². The van der Waals surface area contributed by atoms with Crippen LogP contribution in [-0.4, -0.2) is 11.9 Å². The smallest absolute Gasteiger partial charge is 0.241 e. The van der Waals surface area contributed by atoms with Crippen LogP contribution in [0.4, 0.5) is 5.69 Å². The monoisotopic (exact) mass is 375 g/mol. The number of carbonyl (C=O) groups is 1. The molecule has 2 N–H and O–H groups in total. The van der Waals surface area contributed by atoms with Gasteiger partial charge < -0.3 is 5.32 Å². The number of nitrogens with one attached hydrogen (secondary N) is 2. The highest BCUT2D eigenvalue weighted by atomic mass is 32.1. The van der Waals surface area contributed by atoms with E-state index < -0.39 is 6.04 Å². The molecule has 0 radical (unpaired) electrons. The minimum absolute atomic E-state index is 0.0488. The van der Waals surface area contributed by atoms with Gasteiger partial charge in [0, 0.05) is 10.6 Å². The van der Waals surface area contributed by atoms with Crippen LogP contribution in [0.15, 0.2) is 66.0 Å². The lowest BCUT2D eigenvalue weighted by atomic mass is 10.0. The van der Waals surface area contributed by atoms with Gasteiger partial charge in [0.05, 0.1) is 23.7 Å². The van der Waals surface area contributed by atoms with Gasteiger partial charge in [-0.2, -0.15) is 5.26 Å². The molecular formula is C22H21N3OS. The van der Waals surface area contributed by atoms with E-state index in [2.05, 4.69) is 54.0 Å². The van der Waals surface area contributed by atoms with Crippen LogP contribution < -0.4 is 10.6 Å². The third-order valence-corrected chi connectivity index (χ3v) is 5.27. The van der Waals surface area contributed by atoms with Crippen molar-refractivity contribution in [2.75, 3.05) is 5.32 Å². The summed E-state index contributed by atoms with van der Waals surface area (Å²) in [6, 6.07) is 20.9. The van der Waals surface area contributed by atoms with Crippen LogP contribution in [0.25, 0.3) is 0 Å². The molecule has 0 aliphatic rings. The van der Waals surface area contributed by atoms with Crippen molar-refractivity contribution in [1.82, 2.24) is 5.32 Å². The van der Waals surface area contributed by atoms with Crippen LogP contribution in [0.3, 0.4) is 0 Å². The molecule has 3 aromatic rings. The van der Waals surface area contributed by atoms with Gasteiger partial charge in [-0.15, -0.1) is 11.3 Å². The van der Waals surface area contributed by atoms with Crippen LogP contribution >= 0.6 is 11.3 Å². The SMILES string of the molecule is Cc1ccc([C@@H](N[C@@H](C)C(=O)Nc2ccc(C#N)cc2)c2cccs2)cc1. The number of amides is 1. The first-order chi connectivity index (χ1) is 13.1. The number of nitriles is 1. The Morgan fingerprint density at radius 3 is 2.37 bits per heavy atom. The molecule has 0 aliphatic heterocycles. The molecule has 136 valence electrons. The molecule has 0 fully saturated rings. The van der Waals surface area contributed by atoms with Crippen molar-refractivity contribution in [3.63, 3.8) is 0 Å². The maximum absolute atomic E-state index is 12.6. The van der Waals surface area contributed by atoms with E-state index in [1.54, 1.807) is 35.6 Å². The molecular weight excluding hydrogens is 354 g/mol. The third-order valence-electron chi connectivity index (χ3n) is 4.33. The minimum atomic E-state index is -0.394.